The highest BCUT2D eigenvalue weighted by Gasteiger charge is 2.25. The lowest BCUT2D eigenvalue weighted by molar-refractivity contribution is -0.670. The molecule has 0 radical (unpaired) electrons. The molecule has 0 aliphatic carbocycles. The fraction of sp³-hybridized carbons (Fsp3) is 0.333. The number of nitrogens with zero attached hydrogens (tertiary/aromatic N) is 3. The molecule has 0 spiro atoms. The first kappa shape index (κ1) is 12.4. The predicted molar refractivity (Wildman–Crippen MR) is 69.0 cm³/mol. The highest BCUT2D eigenvalue weighted by Crippen LogP contribution is 2.31. The second-order valence-electron chi connectivity index (χ2n) is 4.64. The summed E-state index contributed by atoms with van der Waals surface area (Å²) < 4.78 is 5.86. The maximum Gasteiger partial charge on any atom is 0.427 e. The molecule has 8 nitrogen and oxygen atoms in total. The standard InChI is InChI=1S/C12H12N4O4/c17-12-8-15(13-20-12)9-3-4-10(11(7-9)16(18)19)14-5-1-2-6-14/h3-4,7-8H,1-2,5-6H2/p+1. The average molecular weight is 277 g/mol. The van der Waals surface area contributed by atoms with E-state index in [0.717, 1.165) is 25.9 Å². The van der Waals surface area contributed by atoms with Gasteiger partial charge in [0.2, 0.25) is 5.69 Å². The third-order valence-corrected chi connectivity index (χ3v) is 3.36. The van der Waals surface area contributed by atoms with Crippen LogP contribution in [0.3, 0.4) is 0 Å². The van der Waals surface area contributed by atoms with Gasteiger partial charge in [0.05, 0.1) is 11.0 Å². The normalized spacial score (nSPS) is 14.7. The minimum absolute atomic E-state index is 0.0268. The molecule has 3 rings (SSSR count). The van der Waals surface area contributed by atoms with E-state index in [2.05, 4.69) is 9.79 Å². The lowest BCUT2D eigenvalue weighted by Crippen LogP contribution is -2.32. The van der Waals surface area contributed by atoms with Gasteiger partial charge in [-0.05, 0) is 28.9 Å². The Bertz CT molecular complexity index is 699. The molecule has 0 unspecified atom stereocenters. The van der Waals surface area contributed by atoms with Crippen LogP contribution in [0.1, 0.15) is 12.8 Å². The number of nitro groups is 1. The van der Waals surface area contributed by atoms with E-state index in [4.69, 9.17) is 0 Å². The number of hydrogen-bond donors (Lipinski definition) is 1. The third kappa shape index (κ3) is 2.15. The SMILES string of the molecule is O=c1c[n+](-c2ccc(N3CCCC3)c([N+](=O)[O-])c2)[nH]o1. The van der Waals surface area contributed by atoms with Crippen molar-refractivity contribution in [3.63, 3.8) is 0 Å². The number of anilines is 1. The van der Waals surface area contributed by atoms with Gasteiger partial charge in [-0.15, -0.1) is 0 Å². The van der Waals surface area contributed by atoms with E-state index in [1.54, 1.807) is 12.1 Å². The van der Waals surface area contributed by atoms with Gasteiger partial charge in [-0.2, -0.15) is 0 Å². The molecule has 1 fully saturated rings. The average Bonchev–Trinajstić information content (AvgIpc) is 3.09. The minimum Gasteiger partial charge on any atom is -0.366 e. The largest absolute Gasteiger partial charge is 0.427 e. The Morgan fingerprint density at radius 2 is 2.10 bits per heavy atom. The van der Waals surface area contributed by atoms with Gasteiger partial charge in [-0.1, -0.05) is 0 Å². The van der Waals surface area contributed by atoms with E-state index in [9.17, 15) is 14.9 Å². The number of hydrogen-bond acceptors (Lipinski definition) is 5. The Kier molecular flexibility index (Phi) is 2.97. The Morgan fingerprint density at radius 1 is 1.35 bits per heavy atom. The summed E-state index contributed by atoms with van der Waals surface area (Å²) in [5, 5.41) is 13.6. The predicted octanol–water partition coefficient (Wildman–Crippen LogP) is 0.753. The molecule has 2 heterocycles. The van der Waals surface area contributed by atoms with Crippen molar-refractivity contribution in [2.45, 2.75) is 12.8 Å². The van der Waals surface area contributed by atoms with Gasteiger partial charge < -0.3 is 4.90 Å². The Labute approximate surface area is 113 Å². The van der Waals surface area contributed by atoms with Gasteiger partial charge in [0.1, 0.15) is 5.69 Å². The number of rotatable bonds is 3. The molecule has 1 aromatic carbocycles. The summed E-state index contributed by atoms with van der Waals surface area (Å²) >= 11 is 0. The summed E-state index contributed by atoms with van der Waals surface area (Å²) in [7, 11) is 0. The van der Waals surface area contributed by atoms with Crippen molar-refractivity contribution in [3.8, 4) is 5.69 Å². The number of aromatic nitrogens is 2. The van der Waals surface area contributed by atoms with E-state index >= 15 is 0 Å². The summed E-state index contributed by atoms with van der Waals surface area (Å²) in [6.07, 6.45) is 3.28. The fourth-order valence-corrected chi connectivity index (χ4v) is 2.41. The Morgan fingerprint density at radius 3 is 2.70 bits per heavy atom. The Hall–Kier alpha value is -2.64. The van der Waals surface area contributed by atoms with Gasteiger partial charge in [-0.25, -0.2) is 4.79 Å². The van der Waals surface area contributed by atoms with Gasteiger partial charge in [-0.3, -0.25) is 14.6 Å². The summed E-state index contributed by atoms with van der Waals surface area (Å²) in [6.45, 7) is 1.66. The van der Waals surface area contributed by atoms with E-state index in [0.29, 0.717) is 11.4 Å². The quantitative estimate of drug-likeness (QED) is 0.507. The van der Waals surface area contributed by atoms with Crippen LogP contribution in [0.15, 0.2) is 33.7 Å². The van der Waals surface area contributed by atoms with Crippen LogP contribution >= 0.6 is 0 Å². The smallest absolute Gasteiger partial charge is 0.366 e. The molecule has 1 aliphatic heterocycles. The van der Waals surface area contributed by atoms with E-state index in [1.165, 1.54) is 16.9 Å². The third-order valence-electron chi connectivity index (χ3n) is 3.36. The first-order chi connectivity index (χ1) is 9.65. The van der Waals surface area contributed by atoms with Crippen LogP contribution < -0.4 is 15.2 Å². The molecule has 0 saturated carbocycles. The molecule has 2 aromatic rings. The van der Waals surface area contributed by atoms with Crippen molar-refractivity contribution in [3.05, 3.63) is 44.9 Å². The molecule has 0 amide bonds. The lowest BCUT2D eigenvalue weighted by atomic mass is 10.2. The molecule has 104 valence electrons. The minimum atomic E-state index is -0.545. The summed E-state index contributed by atoms with van der Waals surface area (Å²) in [5.74, 6) is 0. The van der Waals surface area contributed by atoms with Crippen LogP contribution in [0, 0.1) is 10.1 Å². The molecule has 0 atom stereocenters. The zero-order valence-corrected chi connectivity index (χ0v) is 10.6. The Balaban J connectivity index is 2.05. The lowest BCUT2D eigenvalue weighted by Gasteiger charge is -2.16. The zero-order valence-electron chi connectivity index (χ0n) is 10.6. The molecule has 1 saturated heterocycles. The number of nitro benzene ring substituents is 1. The van der Waals surface area contributed by atoms with Crippen molar-refractivity contribution in [1.82, 2.24) is 5.27 Å². The molecule has 0 bridgehead atoms. The molecule has 1 N–H and O–H groups in total. The first-order valence-corrected chi connectivity index (χ1v) is 6.29. The van der Waals surface area contributed by atoms with Gasteiger partial charge in [0.25, 0.3) is 11.9 Å². The van der Waals surface area contributed by atoms with E-state index < -0.39 is 10.5 Å². The second-order valence-corrected chi connectivity index (χ2v) is 4.64. The topological polar surface area (TPSA) is 96.3 Å². The molecule has 8 heteroatoms. The molecular formula is C12H13N4O4+. The zero-order chi connectivity index (χ0) is 14.1. The van der Waals surface area contributed by atoms with Crippen LogP contribution in [-0.2, 0) is 0 Å². The molecular weight excluding hydrogens is 264 g/mol. The fourth-order valence-electron chi connectivity index (χ4n) is 2.41. The first-order valence-electron chi connectivity index (χ1n) is 6.29. The van der Waals surface area contributed by atoms with Gasteiger partial charge in [0, 0.05) is 19.2 Å². The maximum absolute atomic E-state index is 11.2. The van der Waals surface area contributed by atoms with Crippen LogP contribution in [0.5, 0.6) is 0 Å². The van der Waals surface area contributed by atoms with Crippen molar-refractivity contribution in [2.24, 2.45) is 0 Å². The number of aromatic amines is 1. The van der Waals surface area contributed by atoms with Crippen LogP contribution in [-0.4, -0.2) is 23.3 Å². The maximum atomic E-state index is 11.2. The molecule has 20 heavy (non-hydrogen) atoms. The van der Waals surface area contributed by atoms with Crippen LogP contribution in [0.4, 0.5) is 11.4 Å². The van der Waals surface area contributed by atoms with Gasteiger partial charge in [0.15, 0.2) is 0 Å². The van der Waals surface area contributed by atoms with E-state index in [-0.39, 0.29) is 5.69 Å². The van der Waals surface area contributed by atoms with Crippen molar-refractivity contribution in [1.29, 1.82) is 0 Å². The number of H-pyrrole nitrogens is 1. The highest BCUT2D eigenvalue weighted by molar-refractivity contribution is 5.65. The van der Waals surface area contributed by atoms with Crippen molar-refractivity contribution >= 4 is 11.4 Å². The summed E-state index contributed by atoms with van der Waals surface area (Å²) in [4.78, 5) is 23.8. The monoisotopic (exact) mass is 277 g/mol. The van der Waals surface area contributed by atoms with Crippen molar-refractivity contribution < 1.29 is 14.1 Å². The summed E-state index contributed by atoms with van der Waals surface area (Å²) in [5.41, 5.74) is 0.573. The van der Waals surface area contributed by atoms with E-state index in [1.807, 2.05) is 4.90 Å². The summed E-state index contributed by atoms with van der Waals surface area (Å²) in [6, 6.07) is 4.85. The second kappa shape index (κ2) is 4.80. The van der Waals surface area contributed by atoms with Crippen LogP contribution in [0.25, 0.3) is 5.69 Å². The van der Waals surface area contributed by atoms with Crippen LogP contribution in [0.2, 0.25) is 0 Å². The number of nitrogens with one attached hydrogen (secondary N) is 1. The van der Waals surface area contributed by atoms with Gasteiger partial charge >= 0.3 is 5.63 Å². The molecule has 1 aromatic heterocycles. The van der Waals surface area contributed by atoms with Crippen molar-refractivity contribution in [2.75, 3.05) is 18.0 Å². The number of benzene rings is 1. The molecule has 1 aliphatic rings. The highest BCUT2D eigenvalue weighted by atomic mass is 16.6.